The lowest BCUT2D eigenvalue weighted by Crippen LogP contribution is -2.45. The number of fused-ring (bicyclic) bond motifs is 2. The fourth-order valence-electron chi connectivity index (χ4n) is 3.75. The van der Waals surface area contributed by atoms with E-state index >= 15 is 0 Å². The van der Waals surface area contributed by atoms with Crippen LogP contribution in [0.3, 0.4) is 0 Å². The van der Waals surface area contributed by atoms with Crippen molar-refractivity contribution < 1.29 is 0 Å². The molecular formula is C14H18N4S. The van der Waals surface area contributed by atoms with E-state index < -0.39 is 0 Å². The summed E-state index contributed by atoms with van der Waals surface area (Å²) in [4.78, 5) is 11.4. The molecule has 2 aliphatic heterocycles. The Morgan fingerprint density at radius 2 is 2.26 bits per heavy atom. The molecule has 0 aliphatic carbocycles. The molecule has 100 valence electrons. The van der Waals surface area contributed by atoms with E-state index in [0.717, 1.165) is 42.8 Å². The van der Waals surface area contributed by atoms with Crippen molar-refractivity contribution in [1.29, 1.82) is 0 Å². The maximum atomic E-state index is 4.59. The molecule has 2 fully saturated rings. The molecule has 4 heterocycles. The number of anilines is 1. The number of hydrogen-bond donors (Lipinski definition) is 1. The lowest BCUT2D eigenvalue weighted by atomic mass is 9.85. The minimum Gasteiger partial charge on any atom is -0.350 e. The largest absolute Gasteiger partial charge is 0.350 e. The van der Waals surface area contributed by atoms with Crippen molar-refractivity contribution in [2.75, 3.05) is 24.5 Å². The second-order valence-corrected chi connectivity index (χ2v) is 7.04. The van der Waals surface area contributed by atoms with Gasteiger partial charge in [0, 0.05) is 25.2 Å². The van der Waals surface area contributed by atoms with Gasteiger partial charge in [0.15, 0.2) is 0 Å². The van der Waals surface area contributed by atoms with Gasteiger partial charge in [-0.25, -0.2) is 9.97 Å². The van der Waals surface area contributed by atoms with Crippen molar-refractivity contribution in [2.24, 2.45) is 11.8 Å². The number of nitrogens with one attached hydrogen (secondary N) is 1. The van der Waals surface area contributed by atoms with Crippen LogP contribution in [-0.4, -0.2) is 35.1 Å². The smallest absolute Gasteiger partial charge is 0.150 e. The number of nitrogens with zero attached hydrogens (tertiary/aromatic N) is 3. The first-order valence-electron chi connectivity index (χ1n) is 6.84. The van der Waals surface area contributed by atoms with Crippen molar-refractivity contribution in [2.45, 2.75) is 19.4 Å². The van der Waals surface area contributed by atoms with E-state index in [4.69, 9.17) is 0 Å². The average molecular weight is 274 g/mol. The lowest BCUT2D eigenvalue weighted by molar-refractivity contribution is 0.356. The number of hydrogen-bond acceptors (Lipinski definition) is 5. The van der Waals surface area contributed by atoms with Crippen LogP contribution < -0.4 is 10.2 Å². The highest BCUT2D eigenvalue weighted by atomic mass is 32.1. The molecule has 5 heteroatoms. The number of thiophene rings is 1. The highest BCUT2D eigenvalue weighted by Crippen LogP contribution is 2.44. The average Bonchev–Trinajstić information content (AvgIpc) is 3.06. The minimum absolute atomic E-state index is 0.166. The third kappa shape index (κ3) is 1.55. The van der Waals surface area contributed by atoms with Crippen molar-refractivity contribution in [3.05, 3.63) is 17.8 Å². The highest BCUT2D eigenvalue weighted by molar-refractivity contribution is 7.17. The SMILES string of the molecule is CC1(C)C2CNCC2CN1c1ncnc2ccsc12. The summed E-state index contributed by atoms with van der Waals surface area (Å²) >= 11 is 1.75. The summed E-state index contributed by atoms with van der Waals surface area (Å²) in [7, 11) is 0. The maximum absolute atomic E-state index is 4.59. The maximum Gasteiger partial charge on any atom is 0.150 e. The molecule has 0 amide bonds. The van der Waals surface area contributed by atoms with Crippen LogP contribution in [0, 0.1) is 11.8 Å². The van der Waals surface area contributed by atoms with Gasteiger partial charge in [0.2, 0.25) is 0 Å². The van der Waals surface area contributed by atoms with Crippen LogP contribution in [0.2, 0.25) is 0 Å². The fraction of sp³-hybridized carbons (Fsp3) is 0.571. The molecule has 2 aliphatic rings. The second-order valence-electron chi connectivity index (χ2n) is 6.12. The summed E-state index contributed by atoms with van der Waals surface area (Å²) in [6.45, 7) is 8.09. The quantitative estimate of drug-likeness (QED) is 0.865. The van der Waals surface area contributed by atoms with Gasteiger partial charge in [-0.2, -0.15) is 0 Å². The molecule has 19 heavy (non-hydrogen) atoms. The van der Waals surface area contributed by atoms with Crippen LogP contribution >= 0.6 is 11.3 Å². The van der Waals surface area contributed by atoms with Gasteiger partial charge < -0.3 is 10.2 Å². The Balaban J connectivity index is 1.82. The first kappa shape index (κ1) is 11.6. The van der Waals surface area contributed by atoms with Gasteiger partial charge in [-0.05, 0) is 37.1 Å². The van der Waals surface area contributed by atoms with Gasteiger partial charge in [-0.1, -0.05) is 0 Å². The van der Waals surface area contributed by atoms with Gasteiger partial charge in [0.05, 0.1) is 10.2 Å². The predicted octanol–water partition coefficient (Wildman–Crippen LogP) is 2.13. The molecule has 0 spiro atoms. The Morgan fingerprint density at radius 1 is 1.37 bits per heavy atom. The molecule has 0 aromatic carbocycles. The van der Waals surface area contributed by atoms with Crippen LogP contribution in [0.1, 0.15) is 13.8 Å². The van der Waals surface area contributed by atoms with Crippen molar-refractivity contribution >= 4 is 27.4 Å². The zero-order valence-corrected chi connectivity index (χ0v) is 12.1. The van der Waals surface area contributed by atoms with Crippen molar-refractivity contribution in [3.8, 4) is 0 Å². The standard InChI is InChI=1S/C14H18N4S/c1-14(2)10-6-15-5-9(10)7-18(14)13-12-11(3-4-19-12)16-8-17-13/h3-4,8-10,15H,5-7H2,1-2H3. The van der Waals surface area contributed by atoms with Gasteiger partial charge in [0.1, 0.15) is 12.1 Å². The van der Waals surface area contributed by atoms with E-state index in [-0.39, 0.29) is 5.54 Å². The zero-order valence-electron chi connectivity index (χ0n) is 11.3. The molecule has 2 saturated heterocycles. The van der Waals surface area contributed by atoms with Gasteiger partial charge in [-0.15, -0.1) is 11.3 Å². The second kappa shape index (κ2) is 3.90. The molecule has 2 aromatic rings. The third-order valence-corrected chi connectivity index (χ3v) is 5.74. The van der Waals surface area contributed by atoms with E-state index in [1.165, 1.54) is 4.70 Å². The normalized spacial score (nSPS) is 29.1. The highest BCUT2D eigenvalue weighted by Gasteiger charge is 2.50. The van der Waals surface area contributed by atoms with E-state index in [1.54, 1.807) is 17.7 Å². The summed E-state index contributed by atoms with van der Waals surface area (Å²) in [5, 5.41) is 5.63. The van der Waals surface area contributed by atoms with Gasteiger partial charge >= 0.3 is 0 Å². The fourth-order valence-corrected chi connectivity index (χ4v) is 4.59. The molecular weight excluding hydrogens is 256 g/mol. The first-order chi connectivity index (χ1) is 9.18. The van der Waals surface area contributed by atoms with E-state index in [9.17, 15) is 0 Å². The molecule has 0 bridgehead atoms. The van der Waals surface area contributed by atoms with Crippen LogP contribution in [-0.2, 0) is 0 Å². The van der Waals surface area contributed by atoms with Crippen LogP contribution in [0.4, 0.5) is 5.82 Å². The van der Waals surface area contributed by atoms with E-state index in [0.29, 0.717) is 0 Å². The lowest BCUT2D eigenvalue weighted by Gasteiger charge is -2.36. The zero-order chi connectivity index (χ0) is 13.0. The molecule has 0 radical (unpaired) electrons. The topological polar surface area (TPSA) is 41.0 Å². The summed E-state index contributed by atoms with van der Waals surface area (Å²) in [5.74, 6) is 2.59. The number of rotatable bonds is 1. The van der Waals surface area contributed by atoms with Crippen LogP contribution in [0.25, 0.3) is 10.2 Å². The Labute approximate surface area is 116 Å². The third-order valence-electron chi connectivity index (χ3n) is 4.84. The predicted molar refractivity (Wildman–Crippen MR) is 78.7 cm³/mol. The molecule has 2 atom stereocenters. The number of aromatic nitrogens is 2. The molecule has 4 nitrogen and oxygen atoms in total. The molecule has 4 rings (SSSR count). The summed E-state index contributed by atoms with van der Waals surface area (Å²) in [5.41, 5.74) is 1.24. The van der Waals surface area contributed by atoms with Gasteiger partial charge in [-0.3, -0.25) is 0 Å². The molecule has 1 N–H and O–H groups in total. The molecule has 2 unspecified atom stereocenters. The van der Waals surface area contributed by atoms with Crippen molar-refractivity contribution in [1.82, 2.24) is 15.3 Å². The summed E-state index contributed by atoms with van der Waals surface area (Å²) in [6.07, 6.45) is 1.70. The Hall–Kier alpha value is -1.20. The van der Waals surface area contributed by atoms with Gasteiger partial charge in [0.25, 0.3) is 0 Å². The van der Waals surface area contributed by atoms with E-state index in [2.05, 4.69) is 45.5 Å². The minimum atomic E-state index is 0.166. The molecule has 2 aromatic heterocycles. The Morgan fingerprint density at radius 3 is 3.11 bits per heavy atom. The van der Waals surface area contributed by atoms with E-state index in [1.807, 2.05) is 0 Å². The first-order valence-corrected chi connectivity index (χ1v) is 7.72. The monoisotopic (exact) mass is 274 g/mol. The Kier molecular flexibility index (Phi) is 2.38. The van der Waals surface area contributed by atoms with Crippen LogP contribution in [0.5, 0.6) is 0 Å². The summed E-state index contributed by atoms with van der Waals surface area (Å²) < 4.78 is 1.23. The summed E-state index contributed by atoms with van der Waals surface area (Å²) in [6, 6.07) is 2.08. The molecule has 0 saturated carbocycles. The van der Waals surface area contributed by atoms with Crippen LogP contribution in [0.15, 0.2) is 17.8 Å². The van der Waals surface area contributed by atoms with Crippen molar-refractivity contribution in [3.63, 3.8) is 0 Å². The Bertz CT molecular complexity index is 621.